The van der Waals surface area contributed by atoms with E-state index in [1.807, 2.05) is 25.0 Å². The van der Waals surface area contributed by atoms with Gasteiger partial charge in [-0.2, -0.15) is 11.8 Å². The summed E-state index contributed by atoms with van der Waals surface area (Å²) in [5, 5.41) is 52.3. The zero-order valence-corrected chi connectivity index (χ0v) is 39.2. The Morgan fingerprint density at radius 3 is 1.54 bits per heavy atom. The van der Waals surface area contributed by atoms with E-state index >= 15 is 0 Å². The maximum Gasteiger partial charge on any atom is 0.326 e. The number of nitrogens with one attached hydrogen (secondary N) is 5. The Kier molecular flexibility index (Phi) is 26.3. The molecule has 1 aliphatic heterocycles. The average Bonchev–Trinajstić information content (AvgIpc) is 3.22. The summed E-state index contributed by atoms with van der Waals surface area (Å²) < 4.78 is 0. The molecule has 4 amide bonds. The number of carboxylic acid groups (broad SMARTS) is 4. The van der Waals surface area contributed by atoms with Gasteiger partial charge in [0, 0.05) is 70.5 Å². The molecule has 1 heterocycles. The quantitative estimate of drug-likeness (QED) is 0.0503. The van der Waals surface area contributed by atoms with Crippen LogP contribution in [0.3, 0.4) is 0 Å². The predicted molar refractivity (Wildman–Crippen MR) is 245 cm³/mol. The number of thioether (sulfide) groups is 1. The average molecular weight is 938 g/mol. The Hall–Kier alpha value is -4.87. The fourth-order valence-corrected chi connectivity index (χ4v) is 7.41. The van der Waals surface area contributed by atoms with Gasteiger partial charge >= 0.3 is 23.9 Å². The zero-order chi connectivity index (χ0) is 48.5. The van der Waals surface area contributed by atoms with Crippen LogP contribution in [0.1, 0.15) is 69.3 Å². The van der Waals surface area contributed by atoms with Gasteiger partial charge < -0.3 is 47.0 Å². The third kappa shape index (κ3) is 23.8. The summed E-state index contributed by atoms with van der Waals surface area (Å²) in [5.41, 5.74) is 0.916. The number of carbonyl (C=O) groups excluding carboxylic acids is 4. The highest BCUT2D eigenvalue weighted by Gasteiger charge is 2.31. The molecule has 0 spiro atoms. The van der Waals surface area contributed by atoms with Crippen molar-refractivity contribution >= 4 is 59.3 Å². The lowest BCUT2D eigenvalue weighted by Gasteiger charge is -2.32. The summed E-state index contributed by atoms with van der Waals surface area (Å²) in [6.45, 7) is 9.53. The van der Waals surface area contributed by atoms with Crippen LogP contribution in [-0.4, -0.2) is 209 Å². The Balaban J connectivity index is 2.06. The maximum atomic E-state index is 13.6. The molecule has 0 aliphatic carbocycles. The molecule has 1 aliphatic rings. The van der Waals surface area contributed by atoms with Gasteiger partial charge in [-0.05, 0) is 67.9 Å². The van der Waals surface area contributed by atoms with Crippen LogP contribution in [0.5, 0.6) is 0 Å². The third-order valence-corrected chi connectivity index (χ3v) is 11.3. The number of aliphatic carboxylic acids is 4. The summed E-state index contributed by atoms with van der Waals surface area (Å²) in [6, 6.07) is 3.53. The maximum absolute atomic E-state index is 13.6. The van der Waals surface area contributed by atoms with Gasteiger partial charge in [0.15, 0.2) is 0 Å². The highest BCUT2D eigenvalue weighted by Crippen LogP contribution is 2.11. The van der Waals surface area contributed by atoms with E-state index in [-0.39, 0.29) is 109 Å². The number of hydrogen-bond acceptors (Lipinski definition) is 14. The van der Waals surface area contributed by atoms with Crippen LogP contribution in [0.15, 0.2) is 24.3 Å². The first-order chi connectivity index (χ1) is 30.8. The van der Waals surface area contributed by atoms with Crippen molar-refractivity contribution in [2.45, 2.75) is 84.1 Å². The monoisotopic (exact) mass is 937 g/mol. The molecule has 21 nitrogen and oxygen atoms in total. The second-order valence-electron chi connectivity index (χ2n) is 16.8. The van der Waals surface area contributed by atoms with Crippen LogP contribution < -0.4 is 26.6 Å². The molecule has 0 saturated carbocycles. The molecular weight excluding hydrogens is 867 g/mol. The molecule has 2 rings (SSSR count). The summed E-state index contributed by atoms with van der Waals surface area (Å²) >= 11 is 1.47. The minimum absolute atomic E-state index is 0.0666. The van der Waals surface area contributed by atoms with Crippen molar-refractivity contribution in [2.24, 2.45) is 5.92 Å². The molecule has 9 N–H and O–H groups in total. The van der Waals surface area contributed by atoms with Crippen LogP contribution >= 0.6 is 11.8 Å². The van der Waals surface area contributed by atoms with Gasteiger partial charge in [-0.3, -0.25) is 53.2 Å². The number of rotatable bonds is 27. The number of carbonyl (C=O) groups is 8. The lowest BCUT2D eigenvalue weighted by atomic mass is 10.0. The van der Waals surface area contributed by atoms with E-state index in [1.165, 1.54) is 11.8 Å². The van der Waals surface area contributed by atoms with E-state index in [0.29, 0.717) is 23.8 Å². The van der Waals surface area contributed by atoms with Crippen LogP contribution in [-0.2, 0) is 40.1 Å². The first-order valence-electron chi connectivity index (χ1n) is 22.0. The van der Waals surface area contributed by atoms with E-state index in [4.69, 9.17) is 0 Å². The number of benzene rings is 1. The highest BCUT2D eigenvalue weighted by atomic mass is 32.2. The van der Waals surface area contributed by atoms with E-state index in [1.54, 1.807) is 52.8 Å². The molecule has 65 heavy (non-hydrogen) atoms. The van der Waals surface area contributed by atoms with Gasteiger partial charge in [0.05, 0.1) is 26.2 Å². The Bertz CT molecular complexity index is 1670. The Labute approximate surface area is 385 Å². The largest absolute Gasteiger partial charge is 0.480 e. The molecule has 22 heteroatoms. The molecule has 0 aromatic heterocycles. The Morgan fingerprint density at radius 2 is 1.11 bits per heavy atom. The van der Waals surface area contributed by atoms with Gasteiger partial charge in [0.25, 0.3) is 5.91 Å². The van der Waals surface area contributed by atoms with Crippen LogP contribution in [0.4, 0.5) is 0 Å². The number of unbranched alkanes of at least 4 members (excludes halogenated alkanes) is 1. The highest BCUT2D eigenvalue weighted by molar-refractivity contribution is 7.98. The number of hydrogen-bond donors (Lipinski definition) is 9. The fraction of sp³-hybridized carbons (Fsp3) is 0.674. The minimum atomic E-state index is -1.17. The van der Waals surface area contributed by atoms with Crippen molar-refractivity contribution in [1.82, 2.24) is 46.2 Å². The molecule has 1 aromatic rings. The summed E-state index contributed by atoms with van der Waals surface area (Å²) in [4.78, 5) is 107. The minimum Gasteiger partial charge on any atom is -0.480 e. The van der Waals surface area contributed by atoms with Crippen molar-refractivity contribution in [1.29, 1.82) is 0 Å². The molecule has 3 atom stereocenters. The number of nitrogens with zero attached hydrogens (tertiary/aromatic N) is 4. The molecule has 1 aromatic carbocycles. The molecule has 0 unspecified atom stereocenters. The number of amides is 4. The first kappa shape index (κ1) is 56.3. The van der Waals surface area contributed by atoms with E-state index in [9.17, 15) is 58.8 Å². The van der Waals surface area contributed by atoms with Gasteiger partial charge in [-0.1, -0.05) is 39.8 Å². The lowest BCUT2D eigenvalue weighted by molar-refractivity contribution is -0.143. The smallest absolute Gasteiger partial charge is 0.326 e. The van der Waals surface area contributed by atoms with E-state index in [2.05, 4.69) is 26.6 Å². The summed E-state index contributed by atoms with van der Waals surface area (Å²) in [7, 11) is 0. The van der Waals surface area contributed by atoms with Crippen LogP contribution in [0.2, 0.25) is 0 Å². The number of carboxylic acids is 4. The standard InChI is InChI=1S/C43H71N9O12S/c1-29(2)39(42(62)47-34(43(63)64)8-6-7-14-44-30(3)4)48-41(61)33(13-23-65-5)46-40(60)32-11-9-31(10-12-32)24-45-35(53)25-49-15-17-50(26-36(54)55)19-21-52(28-38(58)59)22-20-51(18-16-49)27-37(56)57/h9-12,29-30,33-34,39,44H,6-8,13-28H2,1-5H3,(H,45,53)(H,46,60)(H,47,62)(H,48,61)(H,54,55)(H,56,57)(H,58,59)(H,63,64)/t33-,34-,39-/m0/s1. The predicted octanol–water partition coefficient (Wildman–Crippen LogP) is -0.492. The topological polar surface area (TPSA) is 291 Å². The van der Waals surface area contributed by atoms with Crippen molar-refractivity contribution in [3.05, 3.63) is 35.4 Å². The Morgan fingerprint density at radius 1 is 0.615 bits per heavy atom. The summed E-state index contributed by atoms with van der Waals surface area (Å²) in [5.74, 6) is -6.29. The summed E-state index contributed by atoms with van der Waals surface area (Å²) in [6.07, 6.45) is 3.65. The molecule has 1 fully saturated rings. The van der Waals surface area contributed by atoms with Crippen molar-refractivity contribution in [3.8, 4) is 0 Å². The first-order valence-corrected chi connectivity index (χ1v) is 23.4. The molecular formula is C43H71N9O12S. The van der Waals surface area contributed by atoms with E-state index < -0.39 is 65.6 Å². The van der Waals surface area contributed by atoms with Crippen molar-refractivity contribution in [3.63, 3.8) is 0 Å². The second-order valence-corrected chi connectivity index (χ2v) is 17.8. The molecule has 0 bridgehead atoms. The van der Waals surface area contributed by atoms with Gasteiger partial charge in [0.2, 0.25) is 17.7 Å². The molecule has 366 valence electrons. The van der Waals surface area contributed by atoms with Gasteiger partial charge in [0.1, 0.15) is 18.1 Å². The fourth-order valence-electron chi connectivity index (χ4n) is 6.94. The normalized spacial score (nSPS) is 16.4. The molecule has 0 radical (unpaired) electrons. The molecule has 1 saturated heterocycles. The van der Waals surface area contributed by atoms with Gasteiger partial charge in [-0.25, -0.2) is 4.79 Å². The van der Waals surface area contributed by atoms with Crippen LogP contribution in [0, 0.1) is 5.92 Å². The zero-order valence-electron chi connectivity index (χ0n) is 38.4. The third-order valence-electron chi connectivity index (χ3n) is 10.6. The van der Waals surface area contributed by atoms with Gasteiger partial charge in [-0.15, -0.1) is 0 Å². The lowest BCUT2D eigenvalue weighted by Crippen LogP contribution is -2.57. The van der Waals surface area contributed by atoms with Crippen molar-refractivity contribution < 1.29 is 58.8 Å². The van der Waals surface area contributed by atoms with Crippen molar-refractivity contribution in [2.75, 3.05) is 97.1 Å². The SMILES string of the molecule is CSCC[C@H](NC(=O)c1ccc(CNC(=O)CN2CCN(CC(=O)O)CCN(CC(=O)O)CCN(CC(=O)O)CC2)cc1)C(=O)N[C@H](C(=O)N[C@@H](CCCCNC(C)C)C(=O)O)C(C)C. The van der Waals surface area contributed by atoms with Crippen LogP contribution in [0.25, 0.3) is 0 Å². The van der Waals surface area contributed by atoms with E-state index in [0.717, 1.165) is 13.0 Å². The second kappa shape index (κ2) is 30.4.